The average Bonchev–Trinajstić information content (AvgIpc) is 2.76. The van der Waals surface area contributed by atoms with E-state index >= 15 is 0 Å². The van der Waals surface area contributed by atoms with Gasteiger partial charge < -0.3 is 10.3 Å². The zero-order valence-electron chi connectivity index (χ0n) is 9.37. The molecular formula is C13H13ClN2O. The average molecular weight is 249 g/mol. The summed E-state index contributed by atoms with van der Waals surface area (Å²) in [7, 11) is 0. The third-order valence-electron chi connectivity index (χ3n) is 3.22. The summed E-state index contributed by atoms with van der Waals surface area (Å²) in [4.78, 5) is 0. The SMILES string of the molecule is Nc1cc(-c2onc3c2CCCC3)ccc1Cl. The first-order valence-corrected chi connectivity index (χ1v) is 6.16. The van der Waals surface area contributed by atoms with E-state index in [0.29, 0.717) is 10.7 Å². The number of nitrogen functional groups attached to an aromatic ring is 1. The van der Waals surface area contributed by atoms with Crippen molar-refractivity contribution in [2.75, 3.05) is 5.73 Å². The highest BCUT2D eigenvalue weighted by Gasteiger charge is 2.20. The Balaban J connectivity index is 2.09. The van der Waals surface area contributed by atoms with Crippen LogP contribution < -0.4 is 5.73 Å². The van der Waals surface area contributed by atoms with E-state index in [9.17, 15) is 0 Å². The summed E-state index contributed by atoms with van der Waals surface area (Å²) in [6, 6.07) is 5.57. The molecule has 1 aromatic carbocycles. The molecule has 0 radical (unpaired) electrons. The summed E-state index contributed by atoms with van der Waals surface area (Å²) in [5, 5.41) is 4.71. The molecule has 4 heteroatoms. The number of aryl methyl sites for hydroxylation is 1. The lowest BCUT2D eigenvalue weighted by Crippen LogP contribution is -2.01. The van der Waals surface area contributed by atoms with Crippen molar-refractivity contribution in [3.63, 3.8) is 0 Å². The molecule has 0 amide bonds. The van der Waals surface area contributed by atoms with Crippen molar-refractivity contribution in [3.8, 4) is 11.3 Å². The standard InChI is InChI=1S/C13H13ClN2O/c14-10-6-5-8(7-11(10)15)13-9-3-1-2-4-12(9)16-17-13/h5-7H,1-4,15H2. The molecule has 1 aliphatic rings. The highest BCUT2D eigenvalue weighted by molar-refractivity contribution is 6.33. The minimum Gasteiger partial charge on any atom is -0.398 e. The molecule has 0 saturated carbocycles. The highest BCUT2D eigenvalue weighted by atomic mass is 35.5. The lowest BCUT2D eigenvalue weighted by atomic mass is 9.94. The lowest BCUT2D eigenvalue weighted by Gasteiger charge is -2.09. The van der Waals surface area contributed by atoms with Gasteiger partial charge in [0.25, 0.3) is 0 Å². The molecule has 1 aliphatic carbocycles. The van der Waals surface area contributed by atoms with Crippen molar-refractivity contribution in [3.05, 3.63) is 34.5 Å². The van der Waals surface area contributed by atoms with Crippen LogP contribution in [0, 0.1) is 0 Å². The predicted molar refractivity (Wildman–Crippen MR) is 68.0 cm³/mol. The minimum atomic E-state index is 0.571. The van der Waals surface area contributed by atoms with Crippen LogP contribution in [0.25, 0.3) is 11.3 Å². The van der Waals surface area contributed by atoms with Gasteiger partial charge in [-0.05, 0) is 43.9 Å². The van der Waals surface area contributed by atoms with Crippen LogP contribution in [-0.2, 0) is 12.8 Å². The number of hydrogen-bond donors (Lipinski definition) is 1. The first kappa shape index (κ1) is 10.7. The fraction of sp³-hybridized carbons (Fsp3) is 0.308. The number of anilines is 1. The van der Waals surface area contributed by atoms with Gasteiger partial charge in [-0.2, -0.15) is 0 Å². The third-order valence-corrected chi connectivity index (χ3v) is 3.56. The zero-order chi connectivity index (χ0) is 11.8. The van der Waals surface area contributed by atoms with E-state index in [0.717, 1.165) is 29.9 Å². The molecule has 0 atom stereocenters. The van der Waals surface area contributed by atoms with Crippen LogP contribution in [0.15, 0.2) is 22.7 Å². The first-order valence-electron chi connectivity index (χ1n) is 5.78. The number of hydrogen-bond acceptors (Lipinski definition) is 3. The molecule has 0 unspecified atom stereocenters. The van der Waals surface area contributed by atoms with Gasteiger partial charge in [-0.1, -0.05) is 16.8 Å². The third kappa shape index (κ3) is 1.80. The van der Waals surface area contributed by atoms with E-state index in [1.165, 1.54) is 18.4 Å². The van der Waals surface area contributed by atoms with E-state index in [1.54, 1.807) is 6.07 Å². The Morgan fingerprint density at radius 3 is 2.88 bits per heavy atom. The molecule has 1 heterocycles. The minimum absolute atomic E-state index is 0.571. The quantitative estimate of drug-likeness (QED) is 0.787. The summed E-state index contributed by atoms with van der Waals surface area (Å²) < 4.78 is 5.45. The normalized spacial score (nSPS) is 14.6. The van der Waals surface area contributed by atoms with Crippen LogP contribution >= 0.6 is 11.6 Å². The summed E-state index contributed by atoms with van der Waals surface area (Å²) in [5.74, 6) is 0.850. The van der Waals surface area contributed by atoms with Crippen molar-refractivity contribution in [2.24, 2.45) is 0 Å². The number of benzene rings is 1. The molecule has 0 bridgehead atoms. The maximum Gasteiger partial charge on any atom is 0.170 e. The molecule has 0 saturated heterocycles. The van der Waals surface area contributed by atoms with Gasteiger partial charge in [-0.25, -0.2) is 0 Å². The zero-order valence-corrected chi connectivity index (χ0v) is 10.1. The van der Waals surface area contributed by atoms with Gasteiger partial charge in [0, 0.05) is 11.1 Å². The number of nitrogens with zero attached hydrogens (tertiary/aromatic N) is 1. The highest BCUT2D eigenvalue weighted by Crippen LogP contribution is 2.33. The largest absolute Gasteiger partial charge is 0.398 e. The number of fused-ring (bicyclic) bond motifs is 1. The fourth-order valence-electron chi connectivity index (χ4n) is 2.30. The Kier molecular flexibility index (Phi) is 2.56. The Hall–Kier alpha value is -1.48. The molecule has 3 rings (SSSR count). The smallest absolute Gasteiger partial charge is 0.170 e. The van der Waals surface area contributed by atoms with Gasteiger partial charge in [0.05, 0.1) is 16.4 Å². The van der Waals surface area contributed by atoms with Gasteiger partial charge in [0.15, 0.2) is 5.76 Å². The summed E-state index contributed by atoms with van der Waals surface area (Å²) >= 11 is 5.91. The summed E-state index contributed by atoms with van der Waals surface area (Å²) in [6.07, 6.45) is 4.45. The summed E-state index contributed by atoms with van der Waals surface area (Å²) in [6.45, 7) is 0. The Morgan fingerprint density at radius 1 is 1.24 bits per heavy atom. The first-order chi connectivity index (χ1) is 8.25. The molecule has 0 spiro atoms. The Morgan fingerprint density at radius 2 is 2.06 bits per heavy atom. The van der Waals surface area contributed by atoms with Crippen molar-refractivity contribution >= 4 is 17.3 Å². The van der Waals surface area contributed by atoms with Gasteiger partial charge in [-0.3, -0.25) is 0 Å². The second-order valence-electron chi connectivity index (χ2n) is 4.38. The van der Waals surface area contributed by atoms with E-state index in [4.69, 9.17) is 21.9 Å². The molecule has 2 N–H and O–H groups in total. The second-order valence-corrected chi connectivity index (χ2v) is 4.79. The van der Waals surface area contributed by atoms with E-state index in [2.05, 4.69) is 5.16 Å². The Bertz CT molecular complexity index is 563. The van der Waals surface area contributed by atoms with Crippen LogP contribution in [0.3, 0.4) is 0 Å². The molecule has 0 fully saturated rings. The fourth-order valence-corrected chi connectivity index (χ4v) is 2.42. The number of nitrogens with two attached hydrogens (primary N) is 1. The molecule has 2 aromatic rings. The van der Waals surface area contributed by atoms with Crippen molar-refractivity contribution in [2.45, 2.75) is 25.7 Å². The number of rotatable bonds is 1. The maximum atomic E-state index is 5.91. The van der Waals surface area contributed by atoms with Crippen LogP contribution in [0.4, 0.5) is 5.69 Å². The van der Waals surface area contributed by atoms with Gasteiger partial charge in [0.2, 0.25) is 0 Å². The van der Waals surface area contributed by atoms with Crippen LogP contribution in [0.2, 0.25) is 5.02 Å². The van der Waals surface area contributed by atoms with E-state index < -0.39 is 0 Å². The topological polar surface area (TPSA) is 52.0 Å². The predicted octanol–water partition coefficient (Wildman–Crippen LogP) is 3.46. The Labute approximate surface area is 105 Å². The van der Waals surface area contributed by atoms with Gasteiger partial charge >= 0.3 is 0 Å². The molecule has 1 aromatic heterocycles. The van der Waals surface area contributed by atoms with Crippen molar-refractivity contribution < 1.29 is 4.52 Å². The number of aromatic nitrogens is 1. The van der Waals surface area contributed by atoms with Crippen molar-refractivity contribution in [1.82, 2.24) is 5.16 Å². The van der Waals surface area contributed by atoms with Crippen LogP contribution in [0.1, 0.15) is 24.1 Å². The number of halogens is 1. The molecular weight excluding hydrogens is 236 g/mol. The molecule has 3 nitrogen and oxygen atoms in total. The maximum absolute atomic E-state index is 5.91. The summed E-state index contributed by atoms with van der Waals surface area (Å²) in [5.41, 5.74) is 9.67. The van der Waals surface area contributed by atoms with E-state index in [-0.39, 0.29) is 0 Å². The van der Waals surface area contributed by atoms with Crippen LogP contribution in [-0.4, -0.2) is 5.16 Å². The molecule has 88 valence electrons. The monoisotopic (exact) mass is 248 g/mol. The second kappa shape index (κ2) is 4.08. The van der Waals surface area contributed by atoms with Crippen LogP contribution in [0.5, 0.6) is 0 Å². The van der Waals surface area contributed by atoms with Gasteiger partial charge in [0.1, 0.15) is 0 Å². The lowest BCUT2D eigenvalue weighted by molar-refractivity contribution is 0.423. The molecule has 17 heavy (non-hydrogen) atoms. The van der Waals surface area contributed by atoms with Gasteiger partial charge in [-0.15, -0.1) is 0 Å². The van der Waals surface area contributed by atoms with Crippen molar-refractivity contribution in [1.29, 1.82) is 0 Å². The van der Waals surface area contributed by atoms with E-state index in [1.807, 2.05) is 12.1 Å². The molecule has 0 aliphatic heterocycles.